The maximum atomic E-state index is 14.8. The first-order valence-electron chi connectivity index (χ1n) is 9.85. The van der Waals surface area contributed by atoms with Crippen LogP contribution in [0.1, 0.15) is 13.0 Å². The maximum absolute atomic E-state index is 14.8. The van der Waals surface area contributed by atoms with E-state index in [-0.39, 0.29) is 30.6 Å². The largest absolute Gasteiger partial charge is 0.456 e. The molecule has 0 saturated carbocycles. The molecule has 4 aromatic carbocycles. The summed E-state index contributed by atoms with van der Waals surface area (Å²) < 4.78 is 57.8. The molecule has 4 rings (SSSR count). The highest BCUT2D eigenvalue weighted by Gasteiger charge is 2.11. The smallest absolute Gasteiger partial charge is 0.305 e. The van der Waals surface area contributed by atoms with E-state index in [0.29, 0.717) is 5.56 Å². The summed E-state index contributed by atoms with van der Waals surface area (Å²) in [5, 5.41) is 0. The van der Waals surface area contributed by atoms with Crippen LogP contribution in [-0.2, 0) is 0 Å². The fourth-order valence-corrected chi connectivity index (χ4v) is 3.40. The summed E-state index contributed by atoms with van der Waals surface area (Å²) in [7, 11) is 0. The first kappa shape index (κ1) is 23.8. The van der Waals surface area contributed by atoms with Crippen molar-refractivity contribution in [1.29, 1.82) is 0 Å². The van der Waals surface area contributed by atoms with Gasteiger partial charge in [-0.05, 0) is 52.9 Å². The summed E-state index contributed by atoms with van der Waals surface area (Å²) in [6.45, 7) is 2.03. The number of hydrogen-bond donors (Lipinski definition) is 0. The van der Waals surface area contributed by atoms with Crippen molar-refractivity contribution >= 4 is 0 Å². The Hall–Kier alpha value is -3.86. The fraction of sp³-hybridized carbons (Fsp3) is 0.0714. The van der Waals surface area contributed by atoms with Crippen LogP contribution in [0.4, 0.5) is 17.6 Å². The second-order valence-corrected chi connectivity index (χ2v) is 7.31. The van der Waals surface area contributed by atoms with Crippen molar-refractivity contribution in [2.45, 2.75) is 14.4 Å². The molecule has 0 N–H and O–H groups in total. The molecule has 0 bridgehead atoms. The SMILES string of the molecule is C.Cc1ccc(-c2ccc(-c3ccc(-c4ccc(OC=C(F)F)c(F)c4)c(F)c3)cc2)cc1. The highest BCUT2D eigenvalue weighted by Crippen LogP contribution is 2.31. The molecule has 0 fully saturated rings. The van der Waals surface area contributed by atoms with Crippen LogP contribution in [0.2, 0.25) is 0 Å². The molecule has 0 unspecified atom stereocenters. The average molecular weight is 450 g/mol. The van der Waals surface area contributed by atoms with Crippen LogP contribution in [0.3, 0.4) is 0 Å². The molecule has 0 aliphatic carbocycles. The minimum absolute atomic E-state index is 0. The van der Waals surface area contributed by atoms with Crippen molar-refractivity contribution in [2.75, 3.05) is 0 Å². The van der Waals surface area contributed by atoms with E-state index in [1.807, 2.05) is 31.2 Å². The lowest BCUT2D eigenvalue weighted by Gasteiger charge is -2.09. The predicted molar refractivity (Wildman–Crippen MR) is 125 cm³/mol. The minimum atomic E-state index is -2.08. The van der Waals surface area contributed by atoms with Crippen LogP contribution in [-0.4, -0.2) is 0 Å². The Labute approximate surface area is 190 Å². The Morgan fingerprint density at radius 2 is 1.12 bits per heavy atom. The molecular weight excluding hydrogens is 428 g/mol. The number of ether oxygens (including phenoxy) is 1. The van der Waals surface area contributed by atoms with E-state index in [9.17, 15) is 17.6 Å². The zero-order valence-corrected chi connectivity index (χ0v) is 17.1. The third kappa shape index (κ3) is 5.50. The molecule has 0 heterocycles. The molecular formula is C28H22F4O. The van der Waals surface area contributed by atoms with Crippen molar-refractivity contribution < 1.29 is 22.3 Å². The summed E-state index contributed by atoms with van der Waals surface area (Å²) >= 11 is 0. The van der Waals surface area contributed by atoms with E-state index >= 15 is 0 Å². The van der Waals surface area contributed by atoms with Crippen molar-refractivity contribution in [3.05, 3.63) is 114 Å². The van der Waals surface area contributed by atoms with Gasteiger partial charge in [-0.2, -0.15) is 8.78 Å². The molecule has 5 heteroatoms. The molecule has 0 atom stereocenters. The van der Waals surface area contributed by atoms with Crippen molar-refractivity contribution in [2.24, 2.45) is 0 Å². The third-order valence-corrected chi connectivity index (χ3v) is 5.09. The van der Waals surface area contributed by atoms with Crippen molar-refractivity contribution in [3.8, 4) is 39.1 Å². The standard InChI is InChI=1S/C27H18F4O.CH4/c1-17-2-4-18(5-3-17)19-6-8-20(9-7-19)21-10-12-23(24(28)14-21)22-11-13-26(25(29)15-22)32-16-27(30)31;/h2-16H,1H3;1H4. The van der Waals surface area contributed by atoms with Gasteiger partial charge in [-0.25, -0.2) is 8.78 Å². The first-order chi connectivity index (χ1) is 15.4. The van der Waals surface area contributed by atoms with Gasteiger partial charge < -0.3 is 4.74 Å². The second kappa shape index (κ2) is 10.2. The summed E-state index contributed by atoms with van der Waals surface area (Å²) in [6.07, 6.45) is -1.93. The van der Waals surface area contributed by atoms with E-state index in [4.69, 9.17) is 0 Å². The highest BCUT2D eigenvalue weighted by molar-refractivity contribution is 5.74. The molecule has 0 amide bonds. The van der Waals surface area contributed by atoms with Gasteiger partial charge in [-0.1, -0.05) is 79.7 Å². The van der Waals surface area contributed by atoms with Crippen LogP contribution in [0.5, 0.6) is 5.75 Å². The van der Waals surface area contributed by atoms with Crippen molar-refractivity contribution in [1.82, 2.24) is 0 Å². The molecule has 0 aliphatic heterocycles. The Bertz CT molecular complexity index is 1270. The molecule has 0 saturated heterocycles. The predicted octanol–water partition coefficient (Wildman–Crippen LogP) is 9.03. The molecule has 1 nitrogen and oxygen atoms in total. The number of halogens is 4. The van der Waals surface area contributed by atoms with E-state index in [1.165, 1.54) is 23.8 Å². The van der Waals surface area contributed by atoms with Gasteiger partial charge in [-0.15, -0.1) is 0 Å². The van der Waals surface area contributed by atoms with Crippen LogP contribution in [0.15, 0.2) is 97.3 Å². The fourth-order valence-electron chi connectivity index (χ4n) is 3.40. The molecule has 0 aliphatic rings. The normalized spacial score (nSPS) is 10.3. The van der Waals surface area contributed by atoms with E-state index in [0.717, 1.165) is 22.8 Å². The van der Waals surface area contributed by atoms with Gasteiger partial charge in [-0.3, -0.25) is 0 Å². The van der Waals surface area contributed by atoms with Gasteiger partial charge in [0.15, 0.2) is 17.8 Å². The van der Waals surface area contributed by atoms with Crippen LogP contribution < -0.4 is 4.74 Å². The Kier molecular flexibility index (Phi) is 7.34. The van der Waals surface area contributed by atoms with Gasteiger partial charge in [0.1, 0.15) is 5.82 Å². The maximum Gasteiger partial charge on any atom is 0.305 e. The summed E-state index contributed by atoms with van der Waals surface area (Å²) in [5.74, 6) is -1.75. The van der Waals surface area contributed by atoms with Crippen LogP contribution in [0, 0.1) is 18.6 Å². The highest BCUT2D eigenvalue weighted by atomic mass is 19.3. The molecule has 0 spiro atoms. The lowest BCUT2D eigenvalue weighted by Crippen LogP contribution is -1.91. The molecule has 33 heavy (non-hydrogen) atoms. The number of aryl methyl sites for hydroxylation is 1. The third-order valence-electron chi connectivity index (χ3n) is 5.09. The second-order valence-electron chi connectivity index (χ2n) is 7.31. The van der Waals surface area contributed by atoms with Gasteiger partial charge in [0.2, 0.25) is 0 Å². The molecule has 4 aromatic rings. The van der Waals surface area contributed by atoms with E-state index in [1.54, 1.807) is 12.1 Å². The van der Waals surface area contributed by atoms with Crippen LogP contribution >= 0.6 is 0 Å². The number of benzene rings is 4. The first-order valence-corrected chi connectivity index (χ1v) is 9.85. The molecule has 0 radical (unpaired) electrons. The topological polar surface area (TPSA) is 9.23 Å². The number of rotatable bonds is 5. The van der Waals surface area contributed by atoms with Crippen LogP contribution in [0.25, 0.3) is 33.4 Å². The summed E-state index contributed by atoms with van der Waals surface area (Å²) in [4.78, 5) is 0. The van der Waals surface area contributed by atoms with Gasteiger partial charge in [0.05, 0.1) is 0 Å². The molecule has 0 aromatic heterocycles. The lowest BCUT2D eigenvalue weighted by molar-refractivity contribution is 0.356. The monoisotopic (exact) mass is 450 g/mol. The number of hydrogen-bond acceptors (Lipinski definition) is 1. The lowest BCUT2D eigenvalue weighted by atomic mass is 9.97. The zero-order chi connectivity index (χ0) is 22.7. The quantitative estimate of drug-likeness (QED) is 0.218. The Morgan fingerprint density at radius 3 is 1.67 bits per heavy atom. The Morgan fingerprint density at radius 1 is 0.636 bits per heavy atom. The summed E-state index contributed by atoms with van der Waals surface area (Å²) in [5.41, 5.74) is 5.36. The minimum Gasteiger partial charge on any atom is -0.456 e. The van der Waals surface area contributed by atoms with Gasteiger partial charge in [0, 0.05) is 5.56 Å². The van der Waals surface area contributed by atoms with Gasteiger partial charge in [0.25, 0.3) is 0 Å². The summed E-state index contributed by atoms with van der Waals surface area (Å²) in [6, 6.07) is 24.4. The van der Waals surface area contributed by atoms with Gasteiger partial charge >= 0.3 is 6.08 Å². The molecule has 168 valence electrons. The van der Waals surface area contributed by atoms with E-state index in [2.05, 4.69) is 29.0 Å². The van der Waals surface area contributed by atoms with E-state index < -0.39 is 17.7 Å². The van der Waals surface area contributed by atoms with Crippen molar-refractivity contribution in [3.63, 3.8) is 0 Å². The average Bonchev–Trinajstić information content (AvgIpc) is 2.79. The Balaban J connectivity index is 0.00000306. The zero-order valence-electron chi connectivity index (χ0n) is 17.1.